The van der Waals surface area contributed by atoms with Gasteiger partial charge in [0.15, 0.2) is 11.6 Å². The van der Waals surface area contributed by atoms with E-state index >= 15 is 0 Å². The molecule has 0 saturated carbocycles. The van der Waals surface area contributed by atoms with E-state index in [-0.39, 0.29) is 11.6 Å². The molecule has 0 fully saturated rings. The van der Waals surface area contributed by atoms with Crippen LogP contribution in [0.25, 0.3) is 0 Å². The highest BCUT2D eigenvalue weighted by molar-refractivity contribution is 9.10. The Hall–Kier alpha value is -0.910. The maximum absolute atomic E-state index is 13.6. The molecule has 0 spiro atoms. The van der Waals surface area contributed by atoms with Gasteiger partial charge in [0.25, 0.3) is 0 Å². The molecule has 2 nitrogen and oxygen atoms in total. The molecular formula is C15H14Br2FNO. The first-order valence-corrected chi connectivity index (χ1v) is 7.68. The second-order valence-electron chi connectivity index (χ2n) is 4.32. The van der Waals surface area contributed by atoms with E-state index < -0.39 is 0 Å². The van der Waals surface area contributed by atoms with Crippen molar-refractivity contribution in [1.82, 2.24) is 5.32 Å². The molecule has 0 aliphatic carbocycles. The summed E-state index contributed by atoms with van der Waals surface area (Å²) in [5.74, 6) is -0.123. The third-order valence-electron chi connectivity index (χ3n) is 2.78. The maximum atomic E-state index is 13.6. The molecule has 0 aliphatic rings. The summed E-state index contributed by atoms with van der Waals surface area (Å²) in [6.07, 6.45) is 0. The number of nitrogens with one attached hydrogen (secondary N) is 1. The van der Waals surface area contributed by atoms with Gasteiger partial charge >= 0.3 is 0 Å². The third kappa shape index (κ3) is 4.04. The quantitative estimate of drug-likeness (QED) is 0.785. The molecule has 0 aromatic heterocycles. The van der Waals surface area contributed by atoms with E-state index in [1.54, 1.807) is 12.1 Å². The first-order valence-electron chi connectivity index (χ1n) is 6.10. The van der Waals surface area contributed by atoms with Crippen molar-refractivity contribution in [2.75, 3.05) is 7.05 Å². The van der Waals surface area contributed by atoms with Gasteiger partial charge in [0.05, 0.1) is 0 Å². The zero-order valence-electron chi connectivity index (χ0n) is 10.9. The Kier molecular flexibility index (Phi) is 5.57. The van der Waals surface area contributed by atoms with Crippen LogP contribution in [0.5, 0.6) is 5.75 Å². The number of ether oxygens (including phenoxy) is 1. The van der Waals surface area contributed by atoms with Crippen LogP contribution < -0.4 is 10.1 Å². The smallest absolute Gasteiger partial charge is 0.166 e. The van der Waals surface area contributed by atoms with Crippen molar-refractivity contribution in [3.05, 3.63) is 62.3 Å². The van der Waals surface area contributed by atoms with Gasteiger partial charge in [-0.1, -0.05) is 44.0 Å². The standard InChI is InChI=1S/C15H14Br2FNO/c1-19-8-10-2-3-11(13(17)6-10)9-20-15-5-4-12(16)7-14(15)18/h2-7,19H,8-9H2,1H3. The Morgan fingerprint density at radius 2 is 1.95 bits per heavy atom. The predicted octanol–water partition coefficient (Wildman–Crippen LogP) is 4.65. The topological polar surface area (TPSA) is 21.3 Å². The minimum atomic E-state index is -0.373. The largest absolute Gasteiger partial charge is 0.486 e. The molecular weight excluding hydrogens is 389 g/mol. The van der Waals surface area contributed by atoms with Crippen LogP contribution in [0.1, 0.15) is 11.1 Å². The molecule has 0 radical (unpaired) electrons. The summed E-state index contributed by atoms with van der Waals surface area (Å²) in [5, 5.41) is 3.10. The Balaban J connectivity index is 2.07. The van der Waals surface area contributed by atoms with Crippen LogP contribution in [0.4, 0.5) is 4.39 Å². The van der Waals surface area contributed by atoms with E-state index in [0.29, 0.717) is 11.1 Å². The van der Waals surface area contributed by atoms with Crippen LogP contribution in [0, 0.1) is 5.82 Å². The molecule has 0 saturated heterocycles. The summed E-state index contributed by atoms with van der Waals surface area (Å²) in [4.78, 5) is 0. The van der Waals surface area contributed by atoms with Crippen molar-refractivity contribution in [2.45, 2.75) is 13.2 Å². The normalized spacial score (nSPS) is 10.6. The first kappa shape index (κ1) is 15.5. The van der Waals surface area contributed by atoms with E-state index in [0.717, 1.165) is 16.6 Å². The highest BCUT2D eigenvalue weighted by Crippen LogP contribution is 2.24. The molecule has 0 aliphatic heterocycles. The molecule has 0 amide bonds. The van der Waals surface area contributed by atoms with Gasteiger partial charge in [-0.15, -0.1) is 0 Å². The summed E-state index contributed by atoms with van der Waals surface area (Å²) < 4.78 is 20.8. The lowest BCUT2D eigenvalue weighted by Gasteiger charge is -2.10. The van der Waals surface area contributed by atoms with Gasteiger partial charge in [0.1, 0.15) is 6.61 Å². The summed E-state index contributed by atoms with van der Waals surface area (Å²) in [5.41, 5.74) is 2.16. The second kappa shape index (κ2) is 7.20. The molecule has 5 heteroatoms. The molecule has 1 N–H and O–H groups in total. The van der Waals surface area contributed by atoms with Crippen LogP contribution in [-0.4, -0.2) is 7.05 Å². The number of hydrogen-bond acceptors (Lipinski definition) is 2. The molecule has 2 rings (SSSR count). The zero-order valence-corrected chi connectivity index (χ0v) is 14.1. The van der Waals surface area contributed by atoms with Crippen LogP contribution in [0.2, 0.25) is 0 Å². The fourth-order valence-corrected chi connectivity index (χ4v) is 2.64. The Morgan fingerprint density at radius 3 is 2.60 bits per heavy atom. The SMILES string of the molecule is CNCc1ccc(COc2ccc(Br)cc2F)c(Br)c1. The van der Waals surface area contributed by atoms with Crippen molar-refractivity contribution in [3.63, 3.8) is 0 Å². The van der Waals surface area contributed by atoms with E-state index in [1.165, 1.54) is 11.6 Å². The average Bonchev–Trinajstić information content (AvgIpc) is 2.40. The van der Waals surface area contributed by atoms with Crippen molar-refractivity contribution < 1.29 is 9.13 Å². The number of halogens is 3. The zero-order chi connectivity index (χ0) is 14.5. The van der Waals surface area contributed by atoms with Crippen molar-refractivity contribution in [3.8, 4) is 5.75 Å². The van der Waals surface area contributed by atoms with Gasteiger partial charge in [-0.05, 0) is 36.9 Å². The predicted molar refractivity (Wildman–Crippen MR) is 85.3 cm³/mol. The third-order valence-corrected chi connectivity index (χ3v) is 4.01. The molecule has 0 atom stereocenters. The van der Waals surface area contributed by atoms with Crippen molar-refractivity contribution in [1.29, 1.82) is 0 Å². The number of hydrogen-bond donors (Lipinski definition) is 1. The molecule has 106 valence electrons. The van der Waals surface area contributed by atoms with Gasteiger partial charge in [-0.25, -0.2) is 4.39 Å². The number of benzene rings is 2. The van der Waals surface area contributed by atoms with Gasteiger partial charge in [-0.2, -0.15) is 0 Å². The van der Waals surface area contributed by atoms with Gasteiger partial charge < -0.3 is 10.1 Å². The van der Waals surface area contributed by atoms with Crippen molar-refractivity contribution in [2.24, 2.45) is 0 Å². The van der Waals surface area contributed by atoms with E-state index in [4.69, 9.17) is 4.74 Å². The van der Waals surface area contributed by atoms with E-state index in [9.17, 15) is 4.39 Å². The molecule has 0 bridgehead atoms. The van der Waals surface area contributed by atoms with Crippen LogP contribution >= 0.6 is 31.9 Å². The molecule has 0 heterocycles. The monoisotopic (exact) mass is 401 g/mol. The molecule has 2 aromatic carbocycles. The van der Waals surface area contributed by atoms with E-state index in [1.807, 2.05) is 25.2 Å². The fraction of sp³-hybridized carbons (Fsp3) is 0.200. The summed E-state index contributed by atoms with van der Waals surface area (Å²) in [6.45, 7) is 1.13. The highest BCUT2D eigenvalue weighted by Gasteiger charge is 2.06. The summed E-state index contributed by atoms with van der Waals surface area (Å²) in [7, 11) is 1.90. The number of rotatable bonds is 5. The van der Waals surface area contributed by atoms with Crippen LogP contribution in [-0.2, 0) is 13.2 Å². The Morgan fingerprint density at radius 1 is 1.15 bits per heavy atom. The van der Waals surface area contributed by atoms with Gasteiger partial charge in [0, 0.05) is 21.1 Å². The lowest BCUT2D eigenvalue weighted by Crippen LogP contribution is -2.05. The fourth-order valence-electron chi connectivity index (χ4n) is 1.77. The lowest BCUT2D eigenvalue weighted by molar-refractivity contribution is 0.289. The Labute approximate surface area is 134 Å². The van der Waals surface area contributed by atoms with Crippen LogP contribution in [0.3, 0.4) is 0 Å². The molecule has 2 aromatic rings. The lowest BCUT2D eigenvalue weighted by atomic mass is 10.1. The highest BCUT2D eigenvalue weighted by atomic mass is 79.9. The summed E-state index contributed by atoms with van der Waals surface area (Å²) >= 11 is 6.73. The average molecular weight is 403 g/mol. The Bertz CT molecular complexity index is 604. The molecule has 20 heavy (non-hydrogen) atoms. The maximum Gasteiger partial charge on any atom is 0.166 e. The first-order chi connectivity index (χ1) is 9.60. The van der Waals surface area contributed by atoms with Crippen LogP contribution in [0.15, 0.2) is 45.3 Å². The van der Waals surface area contributed by atoms with Crippen molar-refractivity contribution >= 4 is 31.9 Å². The molecule has 0 unspecified atom stereocenters. The van der Waals surface area contributed by atoms with E-state index in [2.05, 4.69) is 37.2 Å². The summed E-state index contributed by atoms with van der Waals surface area (Å²) in [6, 6.07) is 10.8. The second-order valence-corrected chi connectivity index (χ2v) is 6.09. The van der Waals surface area contributed by atoms with Gasteiger partial charge in [0.2, 0.25) is 0 Å². The minimum absolute atomic E-state index is 0.249. The van der Waals surface area contributed by atoms with Gasteiger partial charge in [-0.3, -0.25) is 0 Å². The minimum Gasteiger partial charge on any atom is -0.486 e.